The Hall–Kier alpha value is -1.55. The number of amides is 1. The summed E-state index contributed by atoms with van der Waals surface area (Å²) in [4.78, 5) is 11.6. The van der Waals surface area contributed by atoms with Crippen LogP contribution in [-0.2, 0) is 4.79 Å². The van der Waals surface area contributed by atoms with Gasteiger partial charge in [-0.25, -0.2) is 0 Å². The lowest BCUT2D eigenvalue weighted by Crippen LogP contribution is -2.30. The van der Waals surface area contributed by atoms with Crippen LogP contribution in [0.15, 0.2) is 24.3 Å². The van der Waals surface area contributed by atoms with E-state index in [-0.39, 0.29) is 11.9 Å². The van der Waals surface area contributed by atoms with Crippen LogP contribution < -0.4 is 15.4 Å². The van der Waals surface area contributed by atoms with E-state index in [4.69, 9.17) is 4.74 Å². The van der Waals surface area contributed by atoms with Crippen molar-refractivity contribution in [1.82, 2.24) is 10.6 Å². The van der Waals surface area contributed by atoms with Crippen LogP contribution in [0.3, 0.4) is 0 Å². The maximum atomic E-state index is 11.6. The van der Waals surface area contributed by atoms with Gasteiger partial charge in [-0.15, -0.1) is 0 Å². The summed E-state index contributed by atoms with van der Waals surface area (Å²) in [5.41, 5.74) is 1.21. The summed E-state index contributed by atoms with van der Waals surface area (Å²) >= 11 is 0. The molecule has 0 aromatic heterocycles. The van der Waals surface area contributed by atoms with Crippen LogP contribution in [0.1, 0.15) is 51.1 Å². The molecule has 4 nitrogen and oxygen atoms in total. The van der Waals surface area contributed by atoms with Crippen LogP contribution in [0.4, 0.5) is 0 Å². The van der Waals surface area contributed by atoms with Gasteiger partial charge in [-0.3, -0.25) is 4.79 Å². The molecule has 0 aliphatic heterocycles. The van der Waals surface area contributed by atoms with Crippen LogP contribution in [0, 0.1) is 0 Å². The number of rotatable bonds is 9. The normalized spacial score (nSPS) is 15.5. The molecule has 1 amide bonds. The second-order valence-electron chi connectivity index (χ2n) is 5.69. The van der Waals surface area contributed by atoms with Gasteiger partial charge in [0.05, 0.1) is 6.61 Å². The Balaban J connectivity index is 1.69. The molecule has 1 atom stereocenters. The molecule has 21 heavy (non-hydrogen) atoms. The highest BCUT2D eigenvalue weighted by Crippen LogP contribution is 2.19. The van der Waals surface area contributed by atoms with E-state index in [1.807, 2.05) is 12.1 Å². The zero-order valence-electron chi connectivity index (χ0n) is 13.0. The van der Waals surface area contributed by atoms with Crippen molar-refractivity contribution in [1.29, 1.82) is 0 Å². The molecule has 2 rings (SSSR count). The van der Waals surface area contributed by atoms with Crippen LogP contribution in [0.25, 0.3) is 0 Å². The highest BCUT2D eigenvalue weighted by Gasteiger charge is 2.22. The lowest BCUT2D eigenvalue weighted by atomic mass is 10.1. The fourth-order valence-corrected chi connectivity index (χ4v) is 2.12. The summed E-state index contributed by atoms with van der Waals surface area (Å²) in [5.74, 6) is 1.07. The summed E-state index contributed by atoms with van der Waals surface area (Å²) in [6.07, 6.45) is 3.84. The van der Waals surface area contributed by atoms with E-state index < -0.39 is 0 Å². The molecule has 2 N–H and O–H groups in total. The maximum absolute atomic E-state index is 11.6. The number of hydrogen-bond acceptors (Lipinski definition) is 3. The first-order chi connectivity index (χ1) is 10.2. The first-order valence-corrected chi connectivity index (χ1v) is 7.94. The number of hydrogen-bond donors (Lipinski definition) is 2. The summed E-state index contributed by atoms with van der Waals surface area (Å²) in [6, 6.07) is 8.84. The SMILES string of the molecule is CCCOc1ccc(C(C)NCCC(=O)NC2CC2)cc1. The monoisotopic (exact) mass is 290 g/mol. The van der Waals surface area contributed by atoms with Gasteiger partial charge < -0.3 is 15.4 Å². The zero-order chi connectivity index (χ0) is 15.1. The highest BCUT2D eigenvalue weighted by atomic mass is 16.5. The molecule has 4 heteroatoms. The minimum absolute atomic E-state index is 0.153. The van der Waals surface area contributed by atoms with E-state index in [9.17, 15) is 4.79 Å². The zero-order valence-corrected chi connectivity index (χ0v) is 13.0. The van der Waals surface area contributed by atoms with Crippen molar-refractivity contribution >= 4 is 5.91 Å². The third-order valence-corrected chi connectivity index (χ3v) is 3.60. The molecule has 1 unspecified atom stereocenters. The van der Waals surface area contributed by atoms with Gasteiger partial charge in [0, 0.05) is 25.0 Å². The molecule has 0 saturated heterocycles. The Morgan fingerprint density at radius 3 is 2.67 bits per heavy atom. The standard InChI is InChI=1S/C17H26N2O2/c1-3-12-21-16-8-4-14(5-9-16)13(2)18-11-10-17(20)19-15-6-7-15/h4-5,8-9,13,15,18H,3,6-7,10-12H2,1-2H3,(H,19,20). The Morgan fingerprint density at radius 2 is 2.05 bits per heavy atom. The molecule has 1 fully saturated rings. The molecule has 1 aliphatic rings. The highest BCUT2D eigenvalue weighted by molar-refractivity contribution is 5.76. The van der Waals surface area contributed by atoms with Crippen molar-refractivity contribution in [3.63, 3.8) is 0 Å². The molecule has 0 spiro atoms. The number of carbonyl (C=O) groups excluding carboxylic acids is 1. The average molecular weight is 290 g/mol. The first kappa shape index (κ1) is 15.8. The number of benzene rings is 1. The van der Waals surface area contributed by atoms with E-state index in [0.29, 0.717) is 19.0 Å². The summed E-state index contributed by atoms with van der Waals surface area (Å²) in [5, 5.41) is 6.38. The smallest absolute Gasteiger partial charge is 0.221 e. The van der Waals surface area contributed by atoms with Crippen molar-refractivity contribution in [3.8, 4) is 5.75 Å². The Morgan fingerprint density at radius 1 is 1.33 bits per heavy atom. The van der Waals surface area contributed by atoms with Crippen LogP contribution in [0.5, 0.6) is 5.75 Å². The van der Waals surface area contributed by atoms with Crippen LogP contribution >= 0.6 is 0 Å². The Labute approximate surface area is 127 Å². The predicted molar refractivity (Wildman–Crippen MR) is 84.4 cm³/mol. The van der Waals surface area contributed by atoms with Crippen molar-refractivity contribution < 1.29 is 9.53 Å². The lowest BCUT2D eigenvalue weighted by Gasteiger charge is -2.15. The van der Waals surface area contributed by atoms with Crippen LogP contribution in [-0.4, -0.2) is 25.1 Å². The van der Waals surface area contributed by atoms with Crippen molar-refractivity contribution in [2.45, 2.75) is 51.6 Å². The molecule has 0 radical (unpaired) electrons. The van der Waals surface area contributed by atoms with Gasteiger partial charge in [-0.2, -0.15) is 0 Å². The third kappa shape index (κ3) is 5.76. The molecule has 0 heterocycles. The topological polar surface area (TPSA) is 50.4 Å². The van der Waals surface area contributed by atoms with Gasteiger partial charge in [0.2, 0.25) is 5.91 Å². The van der Waals surface area contributed by atoms with Crippen molar-refractivity contribution in [2.75, 3.05) is 13.2 Å². The molecular formula is C17H26N2O2. The number of ether oxygens (including phenoxy) is 1. The second-order valence-corrected chi connectivity index (χ2v) is 5.69. The largest absolute Gasteiger partial charge is 0.494 e. The second kappa shape index (κ2) is 8.03. The van der Waals surface area contributed by atoms with Gasteiger partial charge in [0.1, 0.15) is 5.75 Å². The molecule has 0 bridgehead atoms. The number of carbonyl (C=O) groups is 1. The van der Waals surface area contributed by atoms with Gasteiger partial charge in [0.25, 0.3) is 0 Å². The van der Waals surface area contributed by atoms with Gasteiger partial charge >= 0.3 is 0 Å². The Kier molecular flexibility index (Phi) is 6.05. The molecule has 1 aliphatic carbocycles. The molecule has 1 aromatic carbocycles. The molecular weight excluding hydrogens is 264 g/mol. The quantitative estimate of drug-likeness (QED) is 0.735. The van der Waals surface area contributed by atoms with Crippen molar-refractivity contribution in [2.24, 2.45) is 0 Å². The average Bonchev–Trinajstić information content (AvgIpc) is 3.29. The summed E-state index contributed by atoms with van der Waals surface area (Å²) in [6.45, 7) is 5.66. The van der Waals surface area contributed by atoms with E-state index in [0.717, 1.165) is 31.6 Å². The predicted octanol–water partition coefficient (Wildman–Crippen LogP) is 2.79. The number of nitrogens with one attached hydrogen (secondary N) is 2. The van der Waals surface area contributed by atoms with E-state index in [1.165, 1.54) is 5.56 Å². The van der Waals surface area contributed by atoms with E-state index in [2.05, 4.69) is 36.6 Å². The summed E-state index contributed by atoms with van der Waals surface area (Å²) < 4.78 is 5.57. The van der Waals surface area contributed by atoms with E-state index in [1.54, 1.807) is 0 Å². The minimum atomic E-state index is 0.153. The minimum Gasteiger partial charge on any atom is -0.494 e. The molecule has 116 valence electrons. The third-order valence-electron chi connectivity index (χ3n) is 3.60. The van der Waals surface area contributed by atoms with Crippen LogP contribution in [0.2, 0.25) is 0 Å². The molecule has 1 aromatic rings. The lowest BCUT2D eigenvalue weighted by molar-refractivity contribution is -0.121. The van der Waals surface area contributed by atoms with E-state index >= 15 is 0 Å². The fourth-order valence-electron chi connectivity index (χ4n) is 2.12. The maximum Gasteiger partial charge on any atom is 0.221 e. The van der Waals surface area contributed by atoms with Gasteiger partial charge in [-0.05, 0) is 43.9 Å². The van der Waals surface area contributed by atoms with Gasteiger partial charge in [0.15, 0.2) is 0 Å². The first-order valence-electron chi connectivity index (χ1n) is 7.94. The Bertz CT molecular complexity index is 441. The fraction of sp³-hybridized carbons (Fsp3) is 0.588. The summed E-state index contributed by atoms with van der Waals surface area (Å²) in [7, 11) is 0. The molecule has 1 saturated carbocycles. The van der Waals surface area contributed by atoms with Gasteiger partial charge in [-0.1, -0.05) is 19.1 Å². The van der Waals surface area contributed by atoms with Crippen molar-refractivity contribution in [3.05, 3.63) is 29.8 Å².